The minimum Gasteiger partial charge on any atom is -0.356 e. The van der Waals surface area contributed by atoms with Crippen molar-refractivity contribution in [2.45, 2.75) is 56.1 Å². The number of amides is 1. The number of hydrogen-bond donors (Lipinski definition) is 1. The van der Waals surface area contributed by atoms with E-state index in [4.69, 9.17) is 11.6 Å². The van der Waals surface area contributed by atoms with E-state index in [0.29, 0.717) is 41.0 Å². The summed E-state index contributed by atoms with van der Waals surface area (Å²) in [5, 5.41) is 3.09. The Morgan fingerprint density at radius 2 is 1.83 bits per heavy atom. The maximum absolute atomic E-state index is 12.7. The SMILES string of the molecule is C[C@H](C(=O)NCCCN1CCCCCC1)C1CCN(S(=O)(=O)c2ccc(Cl)s2)CC1. The molecule has 0 saturated carbocycles. The summed E-state index contributed by atoms with van der Waals surface area (Å²) < 4.78 is 27.8. The number of thiophene rings is 1. The van der Waals surface area contributed by atoms with Gasteiger partial charge in [-0.2, -0.15) is 4.31 Å². The first-order chi connectivity index (χ1) is 14.4. The Morgan fingerprint density at radius 1 is 1.17 bits per heavy atom. The molecular weight excluding hydrogens is 442 g/mol. The molecule has 1 amide bonds. The number of sulfonamides is 1. The van der Waals surface area contributed by atoms with E-state index in [-0.39, 0.29) is 17.7 Å². The highest BCUT2D eigenvalue weighted by atomic mass is 35.5. The van der Waals surface area contributed by atoms with Crippen LogP contribution >= 0.6 is 22.9 Å². The van der Waals surface area contributed by atoms with Gasteiger partial charge < -0.3 is 10.2 Å². The van der Waals surface area contributed by atoms with Crippen molar-refractivity contribution in [1.82, 2.24) is 14.5 Å². The summed E-state index contributed by atoms with van der Waals surface area (Å²) in [6, 6.07) is 3.18. The second kappa shape index (κ2) is 11.3. The van der Waals surface area contributed by atoms with E-state index in [1.165, 1.54) is 43.1 Å². The average Bonchev–Trinajstić information content (AvgIpc) is 3.03. The molecule has 6 nitrogen and oxygen atoms in total. The number of rotatable bonds is 8. The molecule has 0 bridgehead atoms. The molecule has 0 aliphatic carbocycles. The molecule has 9 heteroatoms. The fraction of sp³-hybridized carbons (Fsp3) is 0.762. The zero-order valence-electron chi connectivity index (χ0n) is 17.8. The van der Waals surface area contributed by atoms with Crippen LogP contribution in [0.25, 0.3) is 0 Å². The molecule has 0 spiro atoms. The van der Waals surface area contributed by atoms with Crippen LogP contribution in [-0.2, 0) is 14.8 Å². The quantitative estimate of drug-likeness (QED) is 0.580. The van der Waals surface area contributed by atoms with Crippen molar-refractivity contribution in [2.24, 2.45) is 11.8 Å². The number of nitrogens with one attached hydrogen (secondary N) is 1. The number of carbonyl (C=O) groups excluding carboxylic acids is 1. The van der Waals surface area contributed by atoms with Gasteiger partial charge in [0.1, 0.15) is 4.21 Å². The number of carbonyl (C=O) groups is 1. The fourth-order valence-electron chi connectivity index (χ4n) is 4.43. The van der Waals surface area contributed by atoms with E-state index in [1.807, 2.05) is 6.92 Å². The molecule has 1 N–H and O–H groups in total. The Bertz CT molecular complexity index is 783. The standard InChI is InChI=1S/C21H34ClN3O3S2/c1-17(21(26)23-11-6-14-24-12-4-2-3-5-13-24)18-9-15-25(16-10-18)30(27,28)20-8-7-19(22)29-20/h7-8,17-18H,2-6,9-16H2,1H3,(H,23,26)/t17-/m0/s1. The van der Waals surface area contributed by atoms with Crippen molar-refractivity contribution >= 4 is 38.9 Å². The zero-order chi connectivity index (χ0) is 21.6. The van der Waals surface area contributed by atoms with E-state index in [2.05, 4.69) is 10.2 Å². The lowest BCUT2D eigenvalue weighted by Crippen LogP contribution is -2.42. The molecule has 0 radical (unpaired) electrons. The summed E-state index contributed by atoms with van der Waals surface area (Å²) in [5.41, 5.74) is 0. The van der Waals surface area contributed by atoms with Gasteiger partial charge in [0, 0.05) is 25.6 Å². The predicted molar refractivity (Wildman–Crippen MR) is 123 cm³/mol. The minimum atomic E-state index is -3.48. The lowest BCUT2D eigenvalue weighted by Gasteiger charge is -2.33. The van der Waals surface area contributed by atoms with Gasteiger partial charge in [0.25, 0.3) is 10.0 Å². The third-order valence-corrected chi connectivity index (χ3v) is 10.0. The van der Waals surface area contributed by atoms with Crippen molar-refractivity contribution in [3.05, 3.63) is 16.5 Å². The molecule has 2 aliphatic heterocycles. The Hall–Kier alpha value is -0.670. The first kappa shape index (κ1) is 24.0. The maximum Gasteiger partial charge on any atom is 0.252 e. The van der Waals surface area contributed by atoms with Crippen molar-refractivity contribution in [1.29, 1.82) is 0 Å². The van der Waals surface area contributed by atoms with Crippen LogP contribution in [0.2, 0.25) is 4.34 Å². The second-order valence-corrected chi connectivity index (χ2v) is 12.4. The molecule has 0 unspecified atom stereocenters. The van der Waals surface area contributed by atoms with Crippen LogP contribution in [0, 0.1) is 11.8 Å². The first-order valence-electron chi connectivity index (χ1n) is 11.1. The Morgan fingerprint density at radius 3 is 2.43 bits per heavy atom. The van der Waals surface area contributed by atoms with Gasteiger partial charge in [-0.25, -0.2) is 8.42 Å². The Balaban J connectivity index is 1.39. The molecule has 30 heavy (non-hydrogen) atoms. The topological polar surface area (TPSA) is 69.7 Å². The summed E-state index contributed by atoms with van der Waals surface area (Å²) in [7, 11) is -3.48. The molecule has 3 rings (SSSR count). The van der Waals surface area contributed by atoms with Crippen molar-refractivity contribution in [3.63, 3.8) is 0 Å². The summed E-state index contributed by atoms with van der Waals surface area (Å²) in [5.74, 6) is 0.218. The molecule has 3 heterocycles. The molecular formula is C21H34ClN3O3S2. The number of piperidine rings is 1. The summed E-state index contributed by atoms with van der Waals surface area (Å²) in [6.07, 6.45) is 7.66. The van der Waals surface area contributed by atoms with Crippen LogP contribution in [0.4, 0.5) is 0 Å². The molecule has 1 aromatic rings. The fourth-order valence-corrected chi connectivity index (χ4v) is 7.54. The lowest BCUT2D eigenvalue weighted by atomic mass is 9.85. The van der Waals surface area contributed by atoms with Crippen molar-refractivity contribution in [3.8, 4) is 0 Å². The maximum atomic E-state index is 12.7. The van der Waals surface area contributed by atoms with Crippen LogP contribution < -0.4 is 5.32 Å². The van der Waals surface area contributed by atoms with E-state index in [9.17, 15) is 13.2 Å². The largest absolute Gasteiger partial charge is 0.356 e. The highest BCUT2D eigenvalue weighted by Gasteiger charge is 2.34. The van der Waals surface area contributed by atoms with E-state index < -0.39 is 10.0 Å². The van der Waals surface area contributed by atoms with Gasteiger partial charge in [-0.05, 0) is 69.8 Å². The smallest absolute Gasteiger partial charge is 0.252 e. The summed E-state index contributed by atoms with van der Waals surface area (Å²) in [6.45, 7) is 7.01. The summed E-state index contributed by atoms with van der Waals surface area (Å²) >= 11 is 6.99. The third-order valence-electron chi connectivity index (χ3n) is 6.41. The Labute approximate surface area is 190 Å². The summed E-state index contributed by atoms with van der Waals surface area (Å²) in [4.78, 5) is 15.1. The van der Waals surface area contributed by atoms with Gasteiger partial charge in [0.15, 0.2) is 0 Å². The second-order valence-electron chi connectivity index (χ2n) is 8.49. The van der Waals surface area contributed by atoms with Gasteiger partial charge in [0.2, 0.25) is 5.91 Å². The van der Waals surface area contributed by atoms with Gasteiger partial charge >= 0.3 is 0 Å². The highest BCUT2D eigenvalue weighted by Crippen LogP contribution is 2.32. The van der Waals surface area contributed by atoms with Crippen molar-refractivity contribution in [2.75, 3.05) is 39.3 Å². The van der Waals surface area contributed by atoms with E-state index >= 15 is 0 Å². The minimum absolute atomic E-state index is 0.0933. The Kier molecular flexibility index (Phi) is 9.01. The number of nitrogens with zero attached hydrogens (tertiary/aromatic N) is 2. The average molecular weight is 476 g/mol. The van der Waals surface area contributed by atoms with Crippen LogP contribution in [0.5, 0.6) is 0 Å². The van der Waals surface area contributed by atoms with Gasteiger partial charge in [-0.15, -0.1) is 11.3 Å². The van der Waals surface area contributed by atoms with Crippen LogP contribution in [0.3, 0.4) is 0 Å². The molecule has 0 aromatic carbocycles. The number of halogens is 1. The molecule has 2 aliphatic rings. The van der Waals surface area contributed by atoms with Gasteiger partial charge in [-0.1, -0.05) is 31.4 Å². The van der Waals surface area contributed by atoms with Gasteiger partial charge in [0.05, 0.1) is 4.34 Å². The van der Waals surface area contributed by atoms with Crippen LogP contribution in [0.1, 0.15) is 51.9 Å². The van der Waals surface area contributed by atoms with E-state index in [0.717, 1.165) is 24.3 Å². The normalized spacial score (nSPS) is 21.3. The van der Waals surface area contributed by atoms with E-state index in [1.54, 1.807) is 12.1 Å². The predicted octanol–water partition coefficient (Wildman–Crippen LogP) is 3.82. The zero-order valence-corrected chi connectivity index (χ0v) is 20.2. The molecule has 2 fully saturated rings. The number of likely N-dealkylation sites (tertiary alicyclic amines) is 1. The van der Waals surface area contributed by atoms with Crippen LogP contribution in [-0.4, -0.2) is 62.8 Å². The highest BCUT2D eigenvalue weighted by molar-refractivity contribution is 7.91. The molecule has 170 valence electrons. The molecule has 1 atom stereocenters. The molecule has 2 saturated heterocycles. The monoisotopic (exact) mass is 475 g/mol. The lowest BCUT2D eigenvalue weighted by molar-refractivity contribution is -0.126. The first-order valence-corrected chi connectivity index (χ1v) is 13.8. The van der Waals surface area contributed by atoms with Crippen LogP contribution in [0.15, 0.2) is 16.3 Å². The third kappa shape index (κ3) is 6.42. The number of hydrogen-bond acceptors (Lipinski definition) is 5. The van der Waals surface area contributed by atoms with Crippen molar-refractivity contribution < 1.29 is 13.2 Å². The molecule has 1 aromatic heterocycles. The van der Waals surface area contributed by atoms with Gasteiger partial charge in [-0.3, -0.25) is 4.79 Å².